The van der Waals surface area contributed by atoms with Crippen LogP contribution in [-0.4, -0.2) is 26.0 Å². The number of anilines is 1. The molecule has 0 spiro atoms. The molecule has 0 heterocycles. The lowest BCUT2D eigenvalue weighted by molar-refractivity contribution is -0.136. The van der Waals surface area contributed by atoms with Gasteiger partial charge in [0.1, 0.15) is 0 Å². The number of hydrogen-bond acceptors (Lipinski definition) is 4. The molecule has 2 aromatic carbocycles. The average Bonchev–Trinajstić information content (AvgIpc) is 2.66. The molecule has 2 amide bonds. The van der Waals surface area contributed by atoms with Crippen molar-refractivity contribution >= 4 is 17.5 Å². The van der Waals surface area contributed by atoms with Crippen LogP contribution in [0.3, 0.4) is 0 Å². The number of benzene rings is 2. The molecule has 0 atom stereocenters. The SMILES string of the molecule is COc1ccc(CNC(=O)C(=O)Nc2ccc(C(C)C)cc2)cc1OC. The van der Waals surface area contributed by atoms with Crippen LogP contribution in [0.2, 0.25) is 0 Å². The highest BCUT2D eigenvalue weighted by Crippen LogP contribution is 2.27. The first-order valence-corrected chi connectivity index (χ1v) is 8.34. The molecule has 0 aromatic heterocycles. The predicted octanol–water partition coefficient (Wildman–Crippen LogP) is 3.08. The fraction of sp³-hybridized carbons (Fsp3) is 0.300. The van der Waals surface area contributed by atoms with Crippen LogP contribution in [0.4, 0.5) is 5.69 Å². The van der Waals surface area contributed by atoms with Crippen LogP contribution in [0.25, 0.3) is 0 Å². The molecular weight excluding hydrogens is 332 g/mol. The highest BCUT2D eigenvalue weighted by Gasteiger charge is 2.14. The maximum atomic E-state index is 12.0. The van der Waals surface area contributed by atoms with Gasteiger partial charge < -0.3 is 20.1 Å². The summed E-state index contributed by atoms with van der Waals surface area (Å²) in [5.41, 5.74) is 2.55. The van der Waals surface area contributed by atoms with Gasteiger partial charge in [0.25, 0.3) is 0 Å². The molecule has 2 rings (SSSR count). The van der Waals surface area contributed by atoms with Gasteiger partial charge in [-0.05, 0) is 41.3 Å². The number of methoxy groups -OCH3 is 2. The number of amides is 2. The van der Waals surface area contributed by atoms with E-state index in [0.717, 1.165) is 5.56 Å². The largest absolute Gasteiger partial charge is 0.493 e. The van der Waals surface area contributed by atoms with Crippen LogP contribution in [0, 0.1) is 0 Å². The van der Waals surface area contributed by atoms with Crippen LogP contribution in [0.15, 0.2) is 42.5 Å². The zero-order valence-electron chi connectivity index (χ0n) is 15.5. The first-order valence-electron chi connectivity index (χ1n) is 8.34. The van der Waals surface area contributed by atoms with Crippen LogP contribution in [0.1, 0.15) is 30.9 Å². The third-order valence-electron chi connectivity index (χ3n) is 3.94. The van der Waals surface area contributed by atoms with Crippen molar-refractivity contribution < 1.29 is 19.1 Å². The summed E-state index contributed by atoms with van der Waals surface area (Å²) in [5, 5.41) is 5.18. The quantitative estimate of drug-likeness (QED) is 0.780. The van der Waals surface area contributed by atoms with E-state index >= 15 is 0 Å². The normalized spacial score (nSPS) is 10.3. The Balaban J connectivity index is 1.92. The zero-order chi connectivity index (χ0) is 19.1. The molecule has 0 unspecified atom stereocenters. The fourth-order valence-corrected chi connectivity index (χ4v) is 2.39. The molecule has 0 aliphatic carbocycles. The first-order chi connectivity index (χ1) is 12.4. The monoisotopic (exact) mass is 356 g/mol. The van der Waals surface area contributed by atoms with Gasteiger partial charge in [0.2, 0.25) is 0 Å². The van der Waals surface area contributed by atoms with Gasteiger partial charge in [0.05, 0.1) is 14.2 Å². The third-order valence-corrected chi connectivity index (χ3v) is 3.94. The Morgan fingerprint density at radius 2 is 1.58 bits per heavy atom. The van der Waals surface area contributed by atoms with E-state index in [-0.39, 0.29) is 6.54 Å². The van der Waals surface area contributed by atoms with Crippen molar-refractivity contribution in [2.24, 2.45) is 0 Å². The standard InChI is InChI=1S/C20H24N2O4/c1-13(2)15-6-8-16(9-7-15)22-20(24)19(23)21-12-14-5-10-17(25-3)18(11-14)26-4/h5-11,13H,12H2,1-4H3,(H,21,23)(H,22,24). The van der Waals surface area contributed by atoms with E-state index in [2.05, 4.69) is 24.5 Å². The second-order valence-corrected chi connectivity index (χ2v) is 6.10. The summed E-state index contributed by atoms with van der Waals surface area (Å²) in [6.07, 6.45) is 0. The van der Waals surface area contributed by atoms with Gasteiger partial charge in [-0.3, -0.25) is 9.59 Å². The van der Waals surface area contributed by atoms with Gasteiger partial charge in [-0.1, -0.05) is 32.0 Å². The molecule has 138 valence electrons. The summed E-state index contributed by atoms with van der Waals surface area (Å²) >= 11 is 0. The summed E-state index contributed by atoms with van der Waals surface area (Å²) in [5.74, 6) is 0.166. The Bertz CT molecular complexity index is 770. The van der Waals surface area contributed by atoms with E-state index in [1.54, 1.807) is 37.4 Å². The number of ether oxygens (including phenoxy) is 2. The summed E-state index contributed by atoms with van der Waals surface area (Å²) < 4.78 is 10.4. The van der Waals surface area contributed by atoms with E-state index in [4.69, 9.17) is 9.47 Å². The topological polar surface area (TPSA) is 76.7 Å². The smallest absolute Gasteiger partial charge is 0.313 e. The molecule has 0 fully saturated rings. The Morgan fingerprint density at radius 3 is 2.15 bits per heavy atom. The molecule has 0 bridgehead atoms. The molecule has 6 nitrogen and oxygen atoms in total. The lowest BCUT2D eigenvalue weighted by Gasteiger charge is -2.11. The Kier molecular flexibility index (Phi) is 6.60. The number of carbonyl (C=O) groups is 2. The highest BCUT2D eigenvalue weighted by atomic mass is 16.5. The minimum absolute atomic E-state index is 0.207. The summed E-state index contributed by atoms with van der Waals surface area (Å²) in [6.45, 7) is 4.39. The van der Waals surface area contributed by atoms with Crippen molar-refractivity contribution in [2.75, 3.05) is 19.5 Å². The van der Waals surface area contributed by atoms with Crippen LogP contribution in [0.5, 0.6) is 11.5 Å². The fourth-order valence-electron chi connectivity index (χ4n) is 2.39. The van der Waals surface area contributed by atoms with E-state index in [0.29, 0.717) is 23.1 Å². The molecule has 0 saturated carbocycles. The van der Waals surface area contributed by atoms with Crippen molar-refractivity contribution in [3.05, 3.63) is 53.6 Å². The molecule has 26 heavy (non-hydrogen) atoms. The predicted molar refractivity (Wildman–Crippen MR) is 101 cm³/mol. The number of carbonyl (C=O) groups excluding carboxylic acids is 2. The van der Waals surface area contributed by atoms with Crippen molar-refractivity contribution in [1.29, 1.82) is 0 Å². The minimum Gasteiger partial charge on any atom is -0.493 e. The molecule has 6 heteroatoms. The van der Waals surface area contributed by atoms with Crippen molar-refractivity contribution in [3.63, 3.8) is 0 Å². The first kappa shape index (κ1) is 19.3. The van der Waals surface area contributed by atoms with Crippen LogP contribution < -0.4 is 20.1 Å². The summed E-state index contributed by atoms with van der Waals surface area (Å²) in [7, 11) is 3.09. The highest BCUT2D eigenvalue weighted by molar-refractivity contribution is 6.39. The van der Waals surface area contributed by atoms with E-state index in [1.807, 2.05) is 12.1 Å². The summed E-state index contributed by atoms with van der Waals surface area (Å²) in [6, 6.07) is 12.7. The lowest BCUT2D eigenvalue weighted by Crippen LogP contribution is -2.34. The third kappa shape index (κ3) is 4.99. The van der Waals surface area contributed by atoms with Crippen molar-refractivity contribution in [2.45, 2.75) is 26.3 Å². The summed E-state index contributed by atoms with van der Waals surface area (Å²) in [4.78, 5) is 24.0. The van der Waals surface area contributed by atoms with Gasteiger partial charge in [-0.25, -0.2) is 0 Å². The molecule has 0 aliphatic rings. The van der Waals surface area contributed by atoms with Gasteiger partial charge in [0, 0.05) is 12.2 Å². The average molecular weight is 356 g/mol. The Labute approximate surface area is 153 Å². The van der Waals surface area contributed by atoms with Gasteiger partial charge in [0.15, 0.2) is 11.5 Å². The van der Waals surface area contributed by atoms with Gasteiger partial charge in [-0.15, -0.1) is 0 Å². The molecule has 0 aliphatic heterocycles. The van der Waals surface area contributed by atoms with Crippen molar-refractivity contribution in [3.8, 4) is 11.5 Å². The molecular formula is C20H24N2O4. The van der Waals surface area contributed by atoms with E-state index in [9.17, 15) is 9.59 Å². The van der Waals surface area contributed by atoms with E-state index in [1.165, 1.54) is 12.7 Å². The Morgan fingerprint density at radius 1 is 0.923 bits per heavy atom. The lowest BCUT2D eigenvalue weighted by atomic mass is 10.0. The maximum absolute atomic E-state index is 12.0. The second kappa shape index (κ2) is 8.89. The maximum Gasteiger partial charge on any atom is 0.313 e. The molecule has 2 aromatic rings. The number of nitrogens with one attached hydrogen (secondary N) is 2. The van der Waals surface area contributed by atoms with Crippen molar-refractivity contribution in [1.82, 2.24) is 5.32 Å². The van der Waals surface area contributed by atoms with Gasteiger partial charge >= 0.3 is 11.8 Å². The minimum atomic E-state index is -0.706. The second-order valence-electron chi connectivity index (χ2n) is 6.10. The Hall–Kier alpha value is -3.02. The number of hydrogen-bond donors (Lipinski definition) is 2. The van der Waals surface area contributed by atoms with Crippen LogP contribution in [-0.2, 0) is 16.1 Å². The van der Waals surface area contributed by atoms with E-state index < -0.39 is 11.8 Å². The molecule has 0 radical (unpaired) electrons. The van der Waals surface area contributed by atoms with Gasteiger partial charge in [-0.2, -0.15) is 0 Å². The molecule has 2 N–H and O–H groups in total. The number of rotatable bonds is 6. The van der Waals surface area contributed by atoms with Crippen LogP contribution >= 0.6 is 0 Å². The zero-order valence-corrected chi connectivity index (χ0v) is 15.5. The molecule has 0 saturated heterocycles.